The summed E-state index contributed by atoms with van der Waals surface area (Å²) in [5.41, 5.74) is 1.39. The molecule has 0 spiro atoms. The minimum absolute atomic E-state index is 0.207. The highest BCUT2D eigenvalue weighted by Gasteiger charge is 2.24. The Kier molecular flexibility index (Phi) is 3.89. The van der Waals surface area contributed by atoms with Crippen LogP contribution in [0, 0.1) is 0 Å². The standard InChI is InChI=1S/C16H17N5O3S/c1-10(22)12-7-11-9-19(3-2-4-21(11)18-12)15(24)13-8-14(23)17-16-20(13)5-6-25-16/h5-8,10,22H,2-4,9H2,1H3. The number of aromatic nitrogens is 4. The van der Waals surface area contributed by atoms with E-state index in [0.717, 1.165) is 12.1 Å². The van der Waals surface area contributed by atoms with Gasteiger partial charge in [0.2, 0.25) is 0 Å². The number of nitrogens with zero attached hydrogens (tertiary/aromatic N) is 5. The molecule has 9 heteroatoms. The predicted molar refractivity (Wildman–Crippen MR) is 91.6 cm³/mol. The summed E-state index contributed by atoms with van der Waals surface area (Å²) in [4.78, 5) is 31.0. The minimum atomic E-state index is -0.646. The number of hydrogen-bond acceptors (Lipinski definition) is 6. The van der Waals surface area contributed by atoms with Gasteiger partial charge in [-0.15, -0.1) is 11.3 Å². The first kappa shape index (κ1) is 16.0. The normalized spacial score (nSPS) is 15.8. The fraction of sp³-hybridized carbons (Fsp3) is 0.375. The first-order chi connectivity index (χ1) is 12.0. The van der Waals surface area contributed by atoms with E-state index in [9.17, 15) is 14.7 Å². The van der Waals surface area contributed by atoms with E-state index in [-0.39, 0.29) is 5.91 Å². The van der Waals surface area contributed by atoms with E-state index in [2.05, 4.69) is 10.1 Å². The Hall–Kier alpha value is -2.52. The Morgan fingerprint density at radius 3 is 3.00 bits per heavy atom. The molecule has 0 saturated carbocycles. The minimum Gasteiger partial charge on any atom is -0.387 e. The summed E-state index contributed by atoms with van der Waals surface area (Å²) in [5.74, 6) is -0.207. The van der Waals surface area contributed by atoms with Crippen molar-refractivity contribution in [3.63, 3.8) is 0 Å². The molecular weight excluding hydrogens is 342 g/mol. The summed E-state index contributed by atoms with van der Waals surface area (Å²) in [6, 6.07) is 3.11. The number of rotatable bonds is 2. The van der Waals surface area contributed by atoms with Crippen molar-refractivity contribution < 1.29 is 9.90 Å². The van der Waals surface area contributed by atoms with Crippen molar-refractivity contribution >= 4 is 22.2 Å². The topological polar surface area (TPSA) is 92.7 Å². The van der Waals surface area contributed by atoms with Gasteiger partial charge in [-0.2, -0.15) is 10.1 Å². The average molecular weight is 359 g/mol. The van der Waals surface area contributed by atoms with Gasteiger partial charge in [-0.1, -0.05) is 0 Å². The molecule has 1 amide bonds. The number of amides is 1. The Bertz CT molecular complexity index is 1000. The van der Waals surface area contributed by atoms with Crippen LogP contribution in [-0.2, 0) is 13.1 Å². The number of thiazole rings is 1. The SMILES string of the molecule is CC(O)c1cc2n(n1)CCCN(C(=O)c1cc(=O)nc3sccn13)C2. The zero-order valence-corrected chi connectivity index (χ0v) is 14.4. The maximum absolute atomic E-state index is 13.0. The molecular formula is C16H17N5O3S. The van der Waals surface area contributed by atoms with Gasteiger partial charge >= 0.3 is 0 Å². The van der Waals surface area contributed by atoms with Crippen LogP contribution in [0.4, 0.5) is 0 Å². The maximum atomic E-state index is 13.0. The van der Waals surface area contributed by atoms with Crippen molar-refractivity contribution in [1.82, 2.24) is 24.1 Å². The van der Waals surface area contributed by atoms with E-state index < -0.39 is 11.7 Å². The highest BCUT2D eigenvalue weighted by molar-refractivity contribution is 7.15. The van der Waals surface area contributed by atoms with Crippen molar-refractivity contribution in [3.05, 3.63) is 51.1 Å². The van der Waals surface area contributed by atoms with Gasteiger partial charge in [-0.25, -0.2) is 0 Å². The highest BCUT2D eigenvalue weighted by atomic mass is 32.1. The molecule has 1 N–H and O–H groups in total. The lowest BCUT2D eigenvalue weighted by Crippen LogP contribution is -2.33. The van der Waals surface area contributed by atoms with Crippen LogP contribution >= 0.6 is 11.3 Å². The fourth-order valence-electron chi connectivity index (χ4n) is 3.04. The molecule has 1 aliphatic rings. The molecule has 3 aromatic rings. The Morgan fingerprint density at radius 1 is 1.36 bits per heavy atom. The molecule has 0 aliphatic carbocycles. The van der Waals surface area contributed by atoms with Crippen LogP contribution in [0.5, 0.6) is 0 Å². The number of aliphatic hydroxyl groups is 1. The molecule has 25 heavy (non-hydrogen) atoms. The van der Waals surface area contributed by atoms with Crippen molar-refractivity contribution in [2.45, 2.75) is 32.5 Å². The summed E-state index contributed by atoms with van der Waals surface area (Å²) >= 11 is 1.32. The molecule has 4 heterocycles. The molecule has 1 aliphatic heterocycles. The third-order valence-electron chi connectivity index (χ3n) is 4.28. The van der Waals surface area contributed by atoms with E-state index in [1.54, 1.807) is 27.8 Å². The summed E-state index contributed by atoms with van der Waals surface area (Å²) < 4.78 is 3.49. The van der Waals surface area contributed by atoms with Gasteiger partial charge in [0.05, 0.1) is 24.0 Å². The monoisotopic (exact) mass is 359 g/mol. The number of hydrogen-bond donors (Lipinski definition) is 1. The molecule has 3 aromatic heterocycles. The first-order valence-electron chi connectivity index (χ1n) is 8.04. The van der Waals surface area contributed by atoms with E-state index in [1.165, 1.54) is 17.4 Å². The molecule has 0 bridgehead atoms. The number of aryl methyl sites for hydroxylation is 1. The smallest absolute Gasteiger partial charge is 0.274 e. The zero-order valence-electron chi connectivity index (χ0n) is 13.6. The summed E-state index contributed by atoms with van der Waals surface area (Å²) in [6.45, 7) is 3.33. The predicted octanol–water partition coefficient (Wildman–Crippen LogP) is 1.05. The second-order valence-corrected chi connectivity index (χ2v) is 6.95. The van der Waals surface area contributed by atoms with Gasteiger partial charge in [0.25, 0.3) is 11.5 Å². The molecule has 8 nitrogen and oxygen atoms in total. The average Bonchev–Trinajstić information content (AvgIpc) is 3.15. The molecule has 1 atom stereocenters. The summed E-state index contributed by atoms with van der Waals surface area (Å²) in [7, 11) is 0. The van der Waals surface area contributed by atoms with Crippen molar-refractivity contribution in [1.29, 1.82) is 0 Å². The van der Waals surface area contributed by atoms with Crippen LogP contribution < -0.4 is 5.56 Å². The highest BCUT2D eigenvalue weighted by Crippen LogP contribution is 2.20. The Labute approximate surface area is 147 Å². The number of carbonyl (C=O) groups excluding carboxylic acids is 1. The van der Waals surface area contributed by atoms with Gasteiger partial charge in [-0.3, -0.25) is 18.7 Å². The van der Waals surface area contributed by atoms with Crippen molar-refractivity contribution in [2.24, 2.45) is 0 Å². The molecule has 0 fully saturated rings. The van der Waals surface area contributed by atoms with Crippen LogP contribution in [0.2, 0.25) is 0 Å². The number of aliphatic hydroxyl groups excluding tert-OH is 1. The molecule has 1 unspecified atom stereocenters. The van der Waals surface area contributed by atoms with Gasteiger partial charge < -0.3 is 10.0 Å². The second-order valence-electron chi connectivity index (χ2n) is 6.08. The van der Waals surface area contributed by atoms with Crippen molar-refractivity contribution in [2.75, 3.05) is 6.54 Å². The van der Waals surface area contributed by atoms with E-state index in [1.807, 2.05) is 10.7 Å². The maximum Gasteiger partial charge on any atom is 0.274 e. The summed E-state index contributed by atoms with van der Waals surface area (Å²) in [5, 5.41) is 15.9. The van der Waals surface area contributed by atoms with Gasteiger partial charge in [0.1, 0.15) is 5.69 Å². The van der Waals surface area contributed by atoms with Crippen molar-refractivity contribution in [3.8, 4) is 0 Å². The van der Waals surface area contributed by atoms with Crippen LogP contribution in [0.25, 0.3) is 4.96 Å². The Balaban J connectivity index is 1.69. The number of fused-ring (bicyclic) bond motifs is 2. The lowest BCUT2D eigenvalue weighted by Gasteiger charge is -2.20. The summed E-state index contributed by atoms with van der Waals surface area (Å²) in [6.07, 6.45) is 1.85. The fourth-order valence-corrected chi connectivity index (χ4v) is 3.76. The van der Waals surface area contributed by atoms with Crippen LogP contribution in [0.3, 0.4) is 0 Å². The molecule has 0 aromatic carbocycles. The quantitative estimate of drug-likeness (QED) is 0.738. The molecule has 0 saturated heterocycles. The Morgan fingerprint density at radius 2 is 2.20 bits per heavy atom. The van der Waals surface area contributed by atoms with Gasteiger partial charge in [0.15, 0.2) is 4.96 Å². The van der Waals surface area contributed by atoms with Crippen LogP contribution in [0.15, 0.2) is 28.5 Å². The molecule has 130 valence electrons. The first-order valence-corrected chi connectivity index (χ1v) is 8.92. The van der Waals surface area contributed by atoms with Gasteiger partial charge in [0, 0.05) is 30.7 Å². The largest absolute Gasteiger partial charge is 0.387 e. The van der Waals surface area contributed by atoms with E-state index >= 15 is 0 Å². The van der Waals surface area contributed by atoms with E-state index in [0.29, 0.717) is 36.0 Å². The second kappa shape index (κ2) is 6.08. The number of carbonyl (C=O) groups is 1. The molecule has 4 rings (SSSR count). The van der Waals surface area contributed by atoms with Crippen LogP contribution in [-0.4, -0.2) is 41.6 Å². The lowest BCUT2D eigenvalue weighted by molar-refractivity contribution is 0.0738. The zero-order chi connectivity index (χ0) is 17.6. The third kappa shape index (κ3) is 2.85. The third-order valence-corrected chi connectivity index (χ3v) is 5.04. The van der Waals surface area contributed by atoms with E-state index in [4.69, 9.17) is 0 Å². The van der Waals surface area contributed by atoms with Gasteiger partial charge in [-0.05, 0) is 19.4 Å². The lowest BCUT2D eigenvalue weighted by atomic mass is 10.2. The molecule has 0 radical (unpaired) electrons. The van der Waals surface area contributed by atoms with Crippen LogP contribution in [0.1, 0.15) is 41.3 Å².